The lowest BCUT2D eigenvalue weighted by molar-refractivity contribution is -0.125. The summed E-state index contributed by atoms with van der Waals surface area (Å²) in [4.78, 5) is 37.8. The molecule has 0 aliphatic carbocycles. The van der Waals surface area contributed by atoms with Crippen LogP contribution in [0.3, 0.4) is 0 Å². The number of nitrogens with zero attached hydrogens (tertiary/aromatic N) is 1. The van der Waals surface area contributed by atoms with Crippen LogP contribution in [0.4, 0.5) is 11.4 Å². The maximum Gasteiger partial charge on any atom is 0.337 e. The first-order chi connectivity index (χ1) is 12.1. The highest BCUT2D eigenvalue weighted by atomic mass is 16.5. The van der Waals surface area contributed by atoms with Gasteiger partial charge < -0.3 is 15.0 Å². The van der Waals surface area contributed by atoms with Crippen molar-refractivity contribution >= 4 is 29.2 Å². The first kappa shape index (κ1) is 16.7. The van der Waals surface area contributed by atoms with E-state index >= 15 is 0 Å². The minimum atomic E-state index is -0.485. The van der Waals surface area contributed by atoms with Gasteiger partial charge in [-0.05, 0) is 36.2 Å². The highest BCUT2D eigenvalue weighted by Crippen LogP contribution is 2.27. The van der Waals surface area contributed by atoms with Crippen molar-refractivity contribution in [1.29, 1.82) is 0 Å². The van der Waals surface area contributed by atoms with E-state index < -0.39 is 11.9 Å². The van der Waals surface area contributed by atoms with Crippen LogP contribution in [0.2, 0.25) is 0 Å². The van der Waals surface area contributed by atoms with Crippen molar-refractivity contribution in [1.82, 2.24) is 0 Å². The largest absolute Gasteiger partial charge is 0.465 e. The summed E-state index contributed by atoms with van der Waals surface area (Å²) >= 11 is 0. The molecule has 1 aliphatic rings. The lowest BCUT2D eigenvalue weighted by Gasteiger charge is -2.17. The van der Waals surface area contributed by atoms with Crippen molar-refractivity contribution in [3.05, 3.63) is 59.7 Å². The molecule has 0 spiro atoms. The number of benzene rings is 2. The Kier molecular flexibility index (Phi) is 4.79. The summed E-state index contributed by atoms with van der Waals surface area (Å²) in [5.41, 5.74) is 2.76. The summed E-state index contributed by atoms with van der Waals surface area (Å²) in [5, 5.41) is 2.65. The second kappa shape index (κ2) is 7.17. The number of nitrogens with one attached hydrogen (secondary N) is 1. The van der Waals surface area contributed by atoms with Crippen LogP contribution < -0.4 is 10.2 Å². The molecule has 2 aromatic carbocycles. The number of hydrogen-bond acceptors (Lipinski definition) is 4. The van der Waals surface area contributed by atoms with Crippen LogP contribution in [0, 0.1) is 0 Å². The van der Waals surface area contributed by atoms with Gasteiger partial charge >= 0.3 is 5.97 Å². The van der Waals surface area contributed by atoms with Gasteiger partial charge in [0.2, 0.25) is 11.8 Å². The number of methoxy groups -OCH3 is 1. The van der Waals surface area contributed by atoms with Crippen LogP contribution in [0.1, 0.15) is 22.3 Å². The van der Waals surface area contributed by atoms with Gasteiger partial charge in [0.25, 0.3) is 0 Å². The van der Waals surface area contributed by atoms with Crippen LogP contribution in [0.15, 0.2) is 48.5 Å². The standard InChI is InChI=1S/C19H18N2O4/c1-25-19(24)14-6-4-7-15(11-14)20-17(22)12-18(23)21-10-9-13-5-2-3-8-16(13)21/h2-8,11H,9-10,12H2,1H3,(H,20,22). The number of anilines is 2. The molecule has 3 rings (SSSR count). The molecule has 0 fully saturated rings. The van der Waals surface area contributed by atoms with Crippen LogP contribution in [-0.2, 0) is 20.7 Å². The fraction of sp³-hybridized carbons (Fsp3) is 0.211. The van der Waals surface area contributed by atoms with Gasteiger partial charge in [0.15, 0.2) is 0 Å². The number of amides is 2. The summed E-state index contributed by atoms with van der Waals surface area (Å²) in [7, 11) is 1.29. The van der Waals surface area contributed by atoms with E-state index in [9.17, 15) is 14.4 Å². The van der Waals surface area contributed by atoms with Crippen LogP contribution in [-0.4, -0.2) is 31.4 Å². The first-order valence-electron chi connectivity index (χ1n) is 7.95. The molecule has 0 bridgehead atoms. The third-order valence-electron chi connectivity index (χ3n) is 4.07. The average Bonchev–Trinajstić information content (AvgIpc) is 3.05. The third-order valence-corrected chi connectivity index (χ3v) is 4.07. The maximum absolute atomic E-state index is 12.4. The molecule has 0 saturated carbocycles. The van der Waals surface area contributed by atoms with Crippen LogP contribution in [0.5, 0.6) is 0 Å². The SMILES string of the molecule is COC(=O)c1cccc(NC(=O)CC(=O)N2CCc3ccccc32)c1. The molecule has 0 radical (unpaired) electrons. The number of esters is 1. The third kappa shape index (κ3) is 3.68. The molecule has 128 valence electrons. The summed E-state index contributed by atoms with van der Waals surface area (Å²) < 4.78 is 4.65. The highest BCUT2D eigenvalue weighted by Gasteiger charge is 2.25. The van der Waals surface area contributed by atoms with E-state index in [0.29, 0.717) is 17.8 Å². The Hall–Kier alpha value is -3.15. The maximum atomic E-state index is 12.4. The van der Waals surface area contributed by atoms with E-state index in [2.05, 4.69) is 10.1 Å². The highest BCUT2D eigenvalue weighted by molar-refractivity contribution is 6.10. The predicted octanol–water partition coefficient (Wildman–Crippen LogP) is 2.39. The number of carbonyl (C=O) groups excluding carboxylic acids is 3. The van der Waals surface area contributed by atoms with Gasteiger partial charge in [0.1, 0.15) is 6.42 Å². The number of ether oxygens (including phenoxy) is 1. The Morgan fingerprint density at radius 3 is 2.72 bits per heavy atom. The number of hydrogen-bond donors (Lipinski definition) is 1. The van der Waals surface area contributed by atoms with Crippen molar-refractivity contribution in [3.8, 4) is 0 Å². The zero-order chi connectivity index (χ0) is 17.8. The fourth-order valence-corrected chi connectivity index (χ4v) is 2.88. The quantitative estimate of drug-likeness (QED) is 0.686. The predicted molar refractivity (Wildman–Crippen MR) is 93.5 cm³/mol. The van der Waals surface area contributed by atoms with E-state index in [-0.39, 0.29) is 12.3 Å². The summed E-state index contributed by atoms with van der Waals surface area (Å²) in [5.74, 6) is -1.15. The lowest BCUT2D eigenvalue weighted by atomic mass is 10.2. The van der Waals surface area contributed by atoms with Gasteiger partial charge in [-0.2, -0.15) is 0 Å². The van der Waals surface area contributed by atoms with Crippen LogP contribution >= 0.6 is 0 Å². The smallest absolute Gasteiger partial charge is 0.337 e. The molecule has 1 heterocycles. The summed E-state index contributed by atoms with van der Waals surface area (Å²) in [6, 6.07) is 14.1. The number of fused-ring (bicyclic) bond motifs is 1. The fourth-order valence-electron chi connectivity index (χ4n) is 2.88. The Bertz CT molecular complexity index is 832. The van der Waals surface area contributed by atoms with E-state index in [0.717, 1.165) is 17.7 Å². The van der Waals surface area contributed by atoms with Crippen LogP contribution in [0.25, 0.3) is 0 Å². The molecule has 2 amide bonds. The molecule has 1 aliphatic heterocycles. The minimum absolute atomic E-state index is 0.244. The Morgan fingerprint density at radius 1 is 1.12 bits per heavy atom. The monoisotopic (exact) mass is 338 g/mol. The number of rotatable bonds is 4. The molecule has 6 nitrogen and oxygen atoms in total. The summed E-state index contributed by atoms with van der Waals surface area (Å²) in [6.07, 6.45) is 0.543. The van der Waals surface area contributed by atoms with E-state index in [1.54, 1.807) is 23.1 Å². The Morgan fingerprint density at radius 2 is 1.92 bits per heavy atom. The zero-order valence-corrected chi connectivity index (χ0v) is 13.8. The molecule has 0 saturated heterocycles. The van der Waals surface area contributed by atoms with E-state index in [1.807, 2.05) is 24.3 Å². The minimum Gasteiger partial charge on any atom is -0.465 e. The van der Waals surface area contributed by atoms with Crippen molar-refractivity contribution in [3.63, 3.8) is 0 Å². The van der Waals surface area contributed by atoms with Gasteiger partial charge in [-0.25, -0.2) is 4.79 Å². The van der Waals surface area contributed by atoms with Crippen molar-refractivity contribution < 1.29 is 19.1 Å². The molecular formula is C19H18N2O4. The molecule has 0 aromatic heterocycles. The molecule has 25 heavy (non-hydrogen) atoms. The van der Waals surface area contributed by atoms with Crippen molar-refractivity contribution in [2.45, 2.75) is 12.8 Å². The van der Waals surface area contributed by atoms with Gasteiger partial charge in [0, 0.05) is 17.9 Å². The molecule has 0 atom stereocenters. The lowest BCUT2D eigenvalue weighted by Crippen LogP contribution is -2.32. The van der Waals surface area contributed by atoms with Gasteiger partial charge in [-0.3, -0.25) is 9.59 Å². The Labute approximate surface area is 145 Å². The number of para-hydroxylation sites is 1. The van der Waals surface area contributed by atoms with Gasteiger partial charge in [-0.15, -0.1) is 0 Å². The van der Waals surface area contributed by atoms with Crippen molar-refractivity contribution in [2.75, 3.05) is 23.9 Å². The average molecular weight is 338 g/mol. The molecule has 6 heteroatoms. The normalized spacial score (nSPS) is 12.4. The second-order valence-electron chi connectivity index (χ2n) is 5.72. The van der Waals surface area contributed by atoms with E-state index in [1.165, 1.54) is 13.2 Å². The van der Waals surface area contributed by atoms with Crippen molar-refractivity contribution in [2.24, 2.45) is 0 Å². The number of carbonyl (C=O) groups is 3. The first-order valence-corrected chi connectivity index (χ1v) is 7.95. The zero-order valence-electron chi connectivity index (χ0n) is 13.8. The van der Waals surface area contributed by atoms with Gasteiger partial charge in [0.05, 0.1) is 12.7 Å². The second-order valence-corrected chi connectivity index (χ2v) is 5.72. The molecular weight excluding hydrogens is 320 g/mol. The topological polar surface area (TPSA) is 75.7 Å². The summed E-state index contributed by atoms with van der Waals surface area (Å²) in [6.45, 7) is 0.587. The molecule has 0 unspecified atom stereocenters. The molecule has 2 aromatic rings. The van der Waals surface area contributed by atoms with Gasteiger partial charge in [-0.1, -0.05) is 24.3 Å². The Balaban J connectivity index is 1.63. The molecule has 1 N–H and O–H groups in total. The van der Waals surface area contributed by atoms with E-state index in [4.69, 9.17) is 0 Å².